The number of allylic oxidation sites excluding steroid dienone is 3. The maximum absolute atomic E-state index is 13.0. The molecule has 0 saturated heterocycles. The third kappa shape index (κ3) is 4.69. The van der Waals surface area contributed by atoms with Crippen LogP contribution < -0.4 is 20.5 Å². The maximum atomic E-state index is 13.0. The zero-order chi connectivity index (χ0) is 24.4. The van der Waals surface area contributed by atoms with Gasteiger partial charge in [0, 0.05) is 21.2 Å². The lowest BCUT2D eigenvalue weighted by molar-refractivity contribution is 0.103. The highest BCUT2D eigenvalue weighted by molar-refractivity contribution is 7.15. The zero-order valence-electron chi connectivity index (χ0n) is 19.6. The van der Waals surface area contributed by atoms with Crippen molar-refractivity contribution in [3.05, 3.63) is 79.5 Å². The van der Waals surface area contributed by atoms with E-state index in [9.17, 15) is 4.79 Å². The second kappa shape index (κ2) is 9.95. The summed E-state index contributed by atoms with van der Waals surface area (Å²) in [5.41, 5.74) is 12.9. The van der Waals surface area contributed by atoms with Crippen LogP contribution in [0.25, 0.3) is 11.6 Å². The van der Waals surface area contributed by atoms with Crippen LogP contribution in [-0.4, -0.2) is 20.1 Å². The third-order valence-electron chi connectivity index (χ3n) is 5.99. The van der Waals surface area contributed by atoms with Gasteiger partial charge in [-0.05, 0) is 67.7 Å². The molecule has 0 fully saturated rings. The third-order valence-corrected chi connectivity index (χ3v) is 7.68. The van der Waals surface area contributed by atoms with Crippen molar-refractivity contribution >= 4 is 51.9 Å². The van der Waals surface area contributed by atoms with Crippen molar-refractivity contribution in [1.82, 2.24) is 0 Å². The van der Waals surface area contributed by atoms with Gasteiger partial charge in [0.2, 0.25) is 0 Å². The summed E-state index contributed by atoms with van der Waals surface area (Å²) in [5, 5.41) is 3.53. The van der Waals surface area contributed by atoms with Crippen LogP contribution >= 0.6 is 22.9 Å². The van der Waals surface area contributed by atoms with Crippen LogP contribution in [0.1, 0.15) is 44.6 Å². The standard InChI is InChI=1S/C27H27ClN2O3S/c1-15-6-12-24-20(10-9-19(15)17-7-11-22(32-3)23(13-17)33-4)25(29)26(34-24)27(31)30-18-8-5-16(2)21(28)14-18/h5,7-11,13-14H,6,12,29H2,1-4H3,(H,30,31). The molecule has 0 saturated carbocycles. The highest BCUT2D eigenvalue weighted by atomic mass is 35.5. The summed E-state index contributed by atoms with van der Waals surface area (Å²) in [4.78, 5) is 14.6. The lowest BCUT2D eigenvalue weighted by atomic mass is 9.93. The average Bonchev–Trinajstić information content (AvgIpc) is 3.13. The van der Waals surface area contributed by atoms with Gasteiger partial charge in [-0.2, -0.15) is 0 Å². The fourth-order valence-corrected chi connectivity index (χ4v) is 5.27. The van der Waals surface area contributed by atoms with Gasteiger partial charge in [-0.15, -0.1) is 11.3 Å². The van der Waals surface area contributed by atoms with Crippen LogP contribution in [0.4, 0.5) is 11.4 Å². The number of carbonyl (C=O) groups excluding carboxylic acids is 1. The summed E-state index contributed by atoms with van der Waals surface area (Å²) < 4.78 is 10.9. The number of ether oxygens (including phenoxy) is 2. The number of anilines is 2. The van der Waals surface area contributed by atoms with Gasteiger partial charge in [0.25, 0.3) is 5.91 Å². The van der Waals surface area contributed by atoms with Crippen LogP contribution in [0.5, 0.6) is 11.5 Å². The van der Waals surface area contributed by atoms with E-state index in [4.69, 9.17) is 26.8 Å². The minimum Gasteiger partial charge on any atom is -0.493 e. The Morgan fingerprint density at radius 2 is 1.79 bits per heavy atom. The topological polar surface area (TPSA) is 73.6 Å². The van der Waals surface area contributed by atoms with Crippen molar-refractivity contribution in [2.45, 2.75) is 26.7 Å². The highest BCUT2D eigenvalue weighted by Crippen LogP contribution is 2.39. The van der Waals surface area contributed by atoms with E-state index >= 15 is 0 Å². The predicted octanol–water partition coefficient (Wildman–Crippen LogP) is 6.99. The number of thiophene rings is 1. The summed E-state index contributed by atoms with van der Waals surface area (Å²) in [6, 6.07) is 11.4. The molecule has 0 unspecified atom stereocenters. The summed E-state index contributed by atoms with van der Waals surface area (Å²) in [5.74, 6) is 1.14. The van der Waals surface area contributed by atoms with Crippen LogP contribution in [0.15, 0.2) is 48.0 Å². The molecule has 1 aliphatic carbocycles. The first kappa shape index (κ1) is 23.9. The van der Waals surface area contributed by atoms with Gasteiger partial charge in [-0.25, -0.2) is 0 Å². The van der Waals surface area contributed by atoms with Crippen molar-refractivity contribution in [3.63, 3.8) is 0 Å². The number of amides is 1. The molecule has 4 rings (SSSR count). The quantitative estimate of drug-likeness (QED) is 0.400. The number of carbonyl (C=O) groups is 1. The maximum Gasteiger partial charge on any atom is 0.267 e. The Kier molecular flexibility index (Phi) is 7.00. The molecular formula is C27H27ClN2O3S. The molecule has 0 aliphatic heterocycles. The number of methoxy groups -OCH3 is 2. The number of nitrogens with two attached hydrogens (primary N) is 1. The zero-order valence-corrected chi connectivity index (χ0v) is 21.2. The van der Waals surface area contributed by atoms with Gasteiger partial charge in [-0.1, -0.05) is 41.5 Å². The number of nitrogen functional groups attached to an aromatic ring is 1. The molecule has 0 spiro atoms. The van der Waals surface area contributed by atoms with E-state index in [0.29, 0.717) is 32.8 Å². The summed E-state index contributed by atoms with van der Waals surface area (Å²) in [7, 11) is 3.26. The van der Waals surface area contributed by atoms with Crippen LogP contribution in [0, 0.1) is 6.92 Å². The molecule has 5 nitrogen and oxygen atoms in total. The van der Waals surface area contributed by atoms with Gasteiger partial charge in [0.05, 0.1) is 19.9 Å². The number of benzene rings is 2. The van der Waals surface area contributed by atoms with Gasteiger partial charge < -0.3 is 20.5 Å². The summed E-state index contributed by atoms with van der Waals surface area (Å²) in [6.07, 6.45) is 5.74. The fraction of sp³-hybridized carbons (Fsp3) is 0.222. The number of nitrogens with one attached hydrogen (secondary N) is 1. The molecule has 34 heavy (non-hydrogen) atoms. The molecule has 0 radical (unpaired) electrons. The minimum absolute atomic E-state index is 0.229. The summed E-state index contributed by atoms with van der Waals surface area (Å²) in [6.45, 7) is 4.05. The first-order valence-electron chi connectivity index (χ1n) is 10.9. The van der Waals surface area contributed by atoms with Gasteiger partial charge in [0.1, 0.15) is 4.88 Å². The Morgan fingerprint density at radius 1 is 1.03 bits per heavy atom. The van der Waals surface area contributed by atoms with Crippen LogP contribution in [0.3, 0.4) is 0 Å². The van der Waals surface area contributed by atoms with E-state index < -0.39 is 0 Å². The molecule has 0 atom stereocenters. The largest absolute Gasteiger partial charge is 0.493 e. The van der Waals surface area contributed by atoms with Crippen molar-refractivity contribution in [3.8, 4) is 11.5 Å². The second-order valence-corrected chi connectivity index (χ2v) is 9.71. The molecule has 0 bridgehead atoms. The number of rotatable bonds is 5. The lowest BCUT2D eigenvalue weighted by Gasteiger charge is -2.15. The van der Waals surface area contributed by atoms with Crippen molar-refractivity contribution < 1.29 is 14.3 Å². The average molecular weight is 495 g/mol. The molecule has 176 valence electrons. The number of hydrogen-bond donors (Lipinski definition) is 2. The first-order chi connectivity index (χ1) is 16.3. The molecular weight excluding hydrogens is 468 g/mol. The Bertz CT molecular complexity index is 1320. The SMILES string of the molecule is COc1ccc(C2=C(C)CCc3sc(C(=O)Nc4ccc(C)c(Cl)c4)c(N)c3C=C2)cc1OC. The van der Waals surface area contributed by atoms with E-state index in [2.05, 4.69) is 18.3 Å². The smallest absolute Gasteiger partial charge is 0.267 e. The van der Waals surface area contributed by atoms with E-state index in [0.717, 1.165) is 40.0 Å². The highest BCUT2D eigenvalue weighted by Gasteiger charge is 2.22. The molecule has 1 amide bonds. The van der Waals surface area contributed by atoms with Gasteiger partial charge >= 0.3 is 0 Å². The van der Waals surface area contributed by atoms with Gasteiger partial charge in [-0.3, -0.25) is 4.79 Å². The van der Waals surface area contributed by atoms with Crippen molar-refractivity contribution in [1.29, 1.82) is 0 Å². The molecule has 2 aromatic carbocycles. The Labute approximate surface area is 208 Å². The molecule has 1 aliphatic rings. The first-order valence-corrected chi connectivity index (χ1v) is 12.1. The number of aryl methyl sites for hydroxylation is 2. The van der Waals surface area contributed by atoms with E-state index in [1.807, 2.05) is 43.3 Å². The van der Waals surface area contributed by atoms with Crippen molar-refractivity contribution in [2.24, 2.45) is 0 Å². The minimum atomic E-state index is -0.229. The van der Waals surface area contributed by atoms with Gasteiger partial charge in [0.15, 0.2) is 11.5 Å². The van der Waals surface area contributed by atoms with Crippen molar-refractivity contribution in [2.75, 3.05) is 25.3 Å². The predicted molar refractivity (Wildman–Crippen MR) is 142 cm³/mol. The Morgan fingerprint density at radius 3 is 2.50 bits per heavy atom. The molecule has 1 aromatic heterocycles. The number of halogens is 1. The Balaban J connectivity index is 1.64. The normalized spacial score (nSPS) is 13.2. The molecule has 3 N–H and O–H groups in total. The number of fused-ring (bicyclic) bond motifs is 1. The second-order valence-electron chi connectivity index (χ2n) is 8.20. The molecule has 1 heterocycles. The number of hydrogen-bond acceptors (Lipinski definition) is 5. The van der Waals surface area contributed by atoms with E-state index in [1.165, 1.54) is 16.9 Å². The van der Waals surface area contributed by atoms with E-state index in [-0.39, 0.29) is 5.91 Å². The molecule has 7 heteroatoms. The molecule has 3 aromatic rings. The fourth-order valence-electron chi connectivity index (χ4n) is 3.99. The Hall–Kier alpha value is -3.22. The monoisotopic (exact) mass is 494 g/mol. The summed E-state index contributed by atoms with van der Waals surface area (Å²) >= 11 is 7.65. The van der Waals surface area contributed by atoms with Crippen LogP contribution in [-0.2, 0) is 6.42 Å². The lowest BCUT2D eigenvalue weighted by Crippen LogP contribution is -2.12. The van der Waals surface area contributed by atoms with E-state index in [1.54, 1.807) is 20.3 Å². The van der Waals surface area contributed by atoms with Crippen LogP contribution in [0.2, 0.25) is 5.02 Å².